The smallest absolute Gasteiger partial charge is 0.128 e. The van der Waals surface area contributed by atoms with Crippen LogP contribution in [0.25, 0.3) is 0 Å². The molecule has 3 N–H and O–H groups in total. The molecule has 0 aliphatic heterocycles. The molecule has 1 aromatic heterocycles. The van der Waals surface area contributed by atoms with E-state index in [0.29, 0.717) is 5.82 Å². The lowest BCUT2D eigenvalue weighted by atomic mass is 10.1. The van der Waals surface area contributed by atoms with Crippen LogP contribution in [-0.2, 0) is 0 Å². The first-order valence-corrected chi connectivity index (χ1v) is 7.33. The Morgan fingerprint density at radius 3 is 2.79 bits per heavy atom. The van der Waals surface area contributed by atoms with Crippen LogP contribution in [0.2, 0.25) is 5.02 Å². The van der Waals surface area contributed by atoms with Gasteiger partial charge in [0.15, 0.2) is 0 Å². The molecule has 1 atom stereocenters. The molecule has 0 fully saturated rings. The molecule has 3 nitrogen and oxygen atoms in total. The molecule has 0 radical (unpaired) electrons. The van der Waals surface area contributed by atoms with Crippen LogP contribution < -0.4 is 11.1 Å². The van der Waals surface area contributed by atoms with E-state index in [1.54, 1.807) is 18.0 Å². The summed E-state index contributed by atoms with van der Waals surface area (Å²) in [5.41, 5.74) is 6.93. The quantitative estimate of drug-likeness (QED) is 0.830. The highest BCUT2D eigenvalue weighted by atomic mass is 35.5. The lowest BCUT2D eigenvalue weighted by molar-refractivity contribution is 0.661. The zero-order valence-electron chi connectivity index (χ0n) is 10.6. The molecule has 0 saturated heterocycles. The zero-order chi connectivity index (χ0) is 13.7. The topological polar surface area (TPSA) is 50.9 Å². The van der Waals surface area contributed by atoms with Crippen LogP contribution in [0.4, 0.5) is 5.82 Å². The van der Waals surface area contributed by atoms with Crippen LogP contribution in [0.3, 0.4) is 0 Å². The first kappa shape index (κ1) is 14.2. The second kappa shape index (κ2) is 6.80. The third-order valence-electron chi connectivity index (χ3n) is 2.84. The van der Waals surface area contributed by atoms with Gasteiger partial charge in [0.2, 0.25) is 0 Å². The van der Waals surface area contributed by atoms with Crippen LogP contribution >= 0.6 is 23.4 Å². The summed E-state index contributed by atoms with van der Waals surface area (Å²) in [6.07, 6.45) is 1.70. The maximum absolute atomic E-state index is 6.15. The molecule has 1 heterocycles. The standard InChI is InChI=1S/C14H16ClN3S/c1-17-12(10-5-4-8-18-14(10)16)9-19-13-7-3-2-6-11(13)15/h2-8,12,17H,9H2,1H3,(H2,16,18). The molecule has 19 heavy (non-hydrogen) atoms. The van der Waals surface area contributed by atoms with Gasteiger partial charge in [0.1, 0.15) is 5.82 Å². The molecule has 0 spiro atoms. The minimum absolute atomic E-state index is 0.148. The Kier molecular flexibility index (Phi) is 5.07. The number of nitrogens with zero attached hydrogens (tertiary/aromatic N) is 1. The first-order valence-electron chi connectivity index (χ1n) is 5.97. The fraction of sp³-hybridized carbons (Fsp3) is 0.214. The van der Waals surface area contributed by atoms with E-state index in [-0.39, 0.29) is 6.04 Å². The number of halogens is 1. The molecule has 1 aromatic carbocycles. The van der Waals surface area contributed by atoms with Crippen molar-refractivity contribution in [1.82, 2.24) is 10.3 Å². The van der Waals surface area contributed by atoms with E-state index in [1.165, 1.54) is 0 Å². The van der Waals surface area contributed by atoms with E-state index in [0.717, 1.165) is 21.2 Å². The summed E-state index contributed by atoms with van der Waals surface area (Å²) in [6.45, 7) is 0. The van der Waals surface area contributed by atoms with Crippen molar-refractivity contribution in [1.29, 1.82) is 0 Å². The lowest BCUT2D eigenvalue weighted by Gasteiger charge is -2.17. The van der Waals surface area contributed by atoms with Gasteiger partial charge in [-0.1, -0.05) is 29.8 Å². The highest BCUT2D eigenvalue weighted by Gasteiger charge is 2.13. The average molecular weight is 294 g/mol. The van der Waals surface area contributed by atoms with Gasteiger partial charge >= 0.3 is 0 Å². The summed E-state index contributed by atoms with van der Waals surface area (Å²) in [5, 5.41) is 4.04. The second-order valence-electron chi connectivity index (χ2n) is 4.06. The van der Waals surface area contributed by atoms with Crippen molar-refractivity contribution in [2.75, 3.05) is 18.5 Å². The predicted octanol–water partition coefficient (Wildman–Crippen LogP) is 3.37. The van der Waals surface area contributed by atoms with Gasteiger partial charge < -0.3 is 11.1 Å². The number of nitrogens with two attached hydrogens (primary N) is 1. The number of pyridine rings is 1. The lowest BCUT2D eigenvalue weighted by Crippen LogP contribution is -2.20. The summed E-state index contributed by atoms with van der Waals surface area (Å²) in [6, 6.07) is 11.9. The number of benzene rings is 1. The maximum atomic E-state index is 6.15. The Hall–Kier alpha value is -1.23. The van der Waals surface area contributed by atoms with Crippen molar-refractivity contribution < 1.29 is 0 Å². The number of hydrogen-bond acceptors (Lipinski definition) is 4. The number of anilines is 1. The Morgan fingerprint density at radius 1 is 1.32 bits per heavy atom. The summed E-state index contributed by atoms with van der Waals surface area (Å²) >= 11 is 7.86. The summed E-state index contributed by atoms with van der Waals surface area (Å²) in [4.78, 5) is 5.20. The summed E-state index contributed by atoms with van der Waals surface area (Å²) in [7, 11) is 1.92. The Morgan fingerprint density at radius 2 is 2.11 bits per heavy atom. The largest absolute Gasteiger partial charge is 0.383 e. The van der Waals surface area contributed by atoms with Crippen molar-refractivity contribution >= 4 is 29.2 Å². The number of nitrogen functional groups attached to an aromatic ring is 1. The van der Waals surface area contributed by atoms with E-state index in [2.05, 4.69) is 10.3 Å². The molecule has 5 heteroatoms. The molecular formula is C14H16ClN3S. The maximum Gasteiger partial charge on any atom is 0.128 e. The third kappa shape index (κ3) is 3.62. The Balaban J connectivity index is 2.09. The van der Waals surface area contributed by atoms with E-state index >= 15 is 0 Å². The number of nitrogens with one attached hydrogen (secondary N) is 1. The van der Waals surface area contributed by atoms with Gasteiger partial charge in [0.05, 0.1) is 5.02 Å². The minimum Gasteiger partial charge on any atom is -0.383 e. The van der Waals surface area contributed by atoms with Crippen molar-refractivity contribution in [3.63, 3.8) is 0 Å². The van der Waals surface area contributed by atoms with Crippen LogP contribution in [-0.4, -0.2) is 17.8 Å². The second-order valence-corrected chi connectivity index (χ2v) is 5.53. The molecule has 0 aliphatic rings. The number of rotatable bonds is 5. The third-order valence-corrected chi connectivity index (χ3v) is 4.45. The van der Waals surface area contributed by atoms with Crippen molar-refractivity contribution in [3.8, 4) is 0 Å². The van der Waals surface area contributed by atoms with Gasteiger partial charge in [-0.25, -0.2) is 4.98 Å². The highest BCUT2D eigenvalue weighted by molar-refractivity contribution is 7.99. The number of aromatic nitrogens is 1. The van der Waals surface area contributed by atoms with Gasteiger partial charge in [-0.2, -0.15) is 0 Å². The monoisotopic (exact) mass is 293 g/mol. The Labute approximate surface area is 122 Å². The molecule has 2 aromatic rings. The predicted molar refractivity (Wildman–Crippen MR) is 82.6 cm³/mol. The van der Waals surface area contributed by atoms with Crippen molar-refractivity contribution in [2.45, 2.75) is 10.9 Å². The zero-order valence-corrected chi connectivity index (χ0v) is 12.2. The molecule has 100 valence electrons. The number of hydrogen-bond donors (Lipinski definition) is 2. The van der Waals surface area contributed by atoms with Crippen molar-refractivity contribution in [2.24, 2.45) is 0 Å². The molecule has 0 amide bonds. The minimum atomic E-state index is 0.148. The van der Waals surface area contributed by atoms with Gasteiger partial charge in [-0.3, -0.25) is 0 Å². The van der Waals surface area contributed by atoms with Crippen LogP contribution in [0, 0.1) is 0 Å². The average Bonchev–Trinajstić information content (AvgIpc) is 2.43. The first-order chi connectivity index (χ1) is 9.22. The van der Waals surface area contributed by atoms with Crippen LogP contribution in [0.15, 0.2) is 47.5 Å². The van der Waals surface area contributed by atoms with E-state index in [9.17, 15) is 0 Å². The summed E-state index contributed by atoms with van der Waals surface area (Å²) < 4.78 is 0. The molecule has 0 aliphatic carbocycles. The fourth-order valence-electron chi connectivity index (χ4n) is 1.79. The van der Waals surface area contributed by atoms with E-state index < -0.39 is 0 Å². The molecular weight excluding hydrogens is 278 g/mol. The van der Waals surface area contributed by atoms with Gasteiger partial charge in [-0.15, -0.1) is 11.8 Å². The normalized spacial score (nSPS) is 12.3. The SMILES string of the molecule is CNC(CSc1ccccc1Cl)c1cccnc1N. The van der Waals surface area contributed by atoms with Gasteiger partial charge in [0, 0.05) is 28.5 Å². The number of thioether (sulfide) groups is 1. The van der Waals surface area contributed by atoms with Crippen LogP contribution in [0.5, 0.6) is 0 Å². The highest BCUT2D eigenvalue weighted by Crippen LogP contribution is 2.30. The molecule has 2 rings (SSSR count). The van der Waals surface area contributed by atoms with E-state index in [4.69, 9.17) is 17.3 Å². The molecule has 1 unspecified atom stereocenters. The molecule has 0 saturated carbocycles. The van der Waals surface area contributed by atoms with Crippen LogP contribution in [0.1, 0.15) is 11.6 Å². The van der Waals surface area contributed by atoms with Gasteiger partial charge in [-0.05, 0) is 25.2 Å². The van der Waals surface area contributed by atoms with Gasteiger partial charge in [0.25, 0.3) is 0 Å². The molecule has 0 bridgehead atoms. The van der Waals surface area contributed by atoms with E-state index in [1.807, 2.05) is 43.4 Å². The summed E-state index contributed by atoms with van der Waals surface area (Å²) in [5.74, 6) is 1.41. The Bertz CT molecular complexity index is 548. The van der Waals surface area contributed by atoms with Crippen molar-refractivity contribution in [3.05, 3.63) is 53.2 Å². The fourth-order valence-corrected chi connectivity index (χ4v) is 3.16.